The quantitative estimate of drug-likeness (QED) is 0.757. The summed E-state index contributed by atoms with van der Waals surface area (Å²) in [5.41, 5.74) is 0. The van der Waals surface area contributed by atoms with E-state index < -0.39 is 0 Å². The highest BCUT2D eigenvalue weighted by Crippen LogP contribution is 2.25. The predicted molar refractivity (Wildman–Crippen MR) is 68.1 cm³/mol. The molecular formula is C14H25NO2. The molecule has 0 radical (unpaired) electrons. The molecule has 0 saturated carbocycles. The largest absolute Gasteiger partial charge is 0.380 e. The second-order valence-corrected chi connectivity index (χ2v) is 5.52. The maximum atomic E-state index is 11.4. The summed E-state index contributed by atoms with van der Waals surface area (Å²) in [5.74, 6) is 0.332. The Bertz CT molecular complexity index is 249. The molecule has 3 heteroatoms. The van der Waals surface area contributed by atoms with Crippen LogP contribution in [-0.2, 0) is 9.53 Å². The first kappa shape index (κ1) is 13.0. The van der Waals surface area contributed by atoms with Crippen molar-refractivity contribution in [2.75, 3.05) is 19.8 Å². The number of ketones is 1. The van der Waals surface area contributed by atoms with Gasteiger partial charge < -0.3 is 4.74 Å². The third kappa shape index (κ3) is 3.78. The van der Waals surface area contributed by atoms with Crippen LogP contribution >= 0.6 is 0 Å². The molecule has 0 aliphatic carbocycles. The second kappa shape index (κ2) is 6.50. The normalized spacial score (nSPS) is 32.1. The van der Waals surface area contributed by atoms with E-state index in [2.05, 4.69) is 4.90 Å². The molecule has 2 fully saturated rings. The molecule has 2 aliphatic heterocycles. The van der Waals surface area contributed by atoms with Crippen molar-refractivity contribution in [3.63, 3.8) is 0 Å². The number of Topliss-reactive ketones (excluding diaryl/α,β-unsaturated/α-hetero) is 1. The molecule has 2 atom stereocenters. The molecule has 2 saturated heterocycles. The molecule has 0 aromatic heterocycles. The lowest BCUT2D eigenvalue weighted by Gasteiger charge is -2.38. The molecule has 2 rings (SSSR count). The number of hydrogen-bond acceptors (Lipinski definition) is 3. The van der Waals surface area contributed by atoms with Gasteiger partial charge in [-0.25, -0.2) is 0 Å². The average molecular weight is 239 g/mol. The van der Waals surface area contributed by atoms with Crippen molar-refractivity contribution in [3.05, 3.63) is 0 Å². The number of rotatable bonds is 3. The van der Waals surface area contributed by atoms with Gasteiger partial charge in [0.15, 0.2) is 0 Å². The smallest absolute Gasteiger partial charge is 0.131 e. The van der Waals surface area contributed by atoms with Crippen molar-refractivity contribution in [2.24, 2.45) is 0 Å². The van der Waals surface area contributed by atoms with E-state index in [0.29, 0.717) is 17.9 Å². The van der Waals surface area contributed by atoms with Crippen LogP contribution in [0.2, 0.25) is 0 Å². The minimum absolute atomic E-state index is 0.332. The van der Waals surface area contributed by atoms with Crippen LogP contribution in [0.1, 0.15) is 51.9 Å². The minimum atomic E-state index is 0.332. The van der Waals surface area contributed by atoms with E-state index in [1.807, 2.05) is 0 Å². The lowest BCUT2D eigenvalue weighted by Crippen LogP contribution is -2.47. The first-order valence-electron chi connectivity index (χ1n) is 7.10. The highest BCUT2D eigenvalue weighted by atomic mass is 16.5. The zero-order valence-electron chi connectivity index (χ0n) is 11.0. The second-order valence-electron chi connectivity index (χ2n) is 5.52. The lowest BCUT2D eigenvalue weighted by atomic mass is 10.0. The molecule has 3 nitrogen and oxygen atoms in total. The summed E-state index contributed by atoms with van der Waals surface area (Å²) < 4.78 is 5.60. The van der Waals surface area contributed by atoms with Crippen LogP contribution in [-0.4, -0.2) is 42.5 Å². The summed E-state index contributed by atoms with van der Waals surface area (Å²) in [6, 6.07) is 1.04. The van der Waals surface area contributed by atoms with Gasteiger partial charge in [-0.3, -0.25) is 9.69 Å². The average Bonchev–Trinajstić information content (AvgIpc) is 2.55. The van der Waals surface area contributed by atoms with Gasteiger partial charge in [0.1, 0.15) is 5.78 Å². The van der Waals surface area contributed by atoms with Crippen LogP contribution in [0.25, 0.3) is 0 Å². The third-order valence-electron chi connectivity index (χ3n) is 4.05. The Balaban J connectivity index is 1.99. The minimum Gasteiger partial charge on any atom is -0.380 e. The molecule has 0 aromatic rings. The SMILES string of the molecule is CC(=O)CC1CCCCCN1C1CCCOC1. The van der Waals surface area contributed by atoms with E-state index in [4.69, 9.17) is 4.74 Å². The highest BCUT2D eigenvalue weighted by Gasteiger charge is 2.29. The lowest BCUT2D eigenvalue weighted by molar-refractivity contribution is -0.118. The molecule has 0 bridgehead atoms. The van der Waals surface area contributed by atoms with Crippen molar-refractivity contribution < 1.29 is 9.53 Å². The molecule has 17 heavy (non-hydrogen) atoms. The molecule has 2 heterocycles. The van der Waals surface area contributed by atoms with Crippen LogP contribution in [0.15, 0.2) is 0 Å². The molecule has 2 unspecified atom stereocenters. The molecular weight excluding hydrogens is 214 g/mol. The first-order chi connectivity index (χ1) is 8.27. The maximum absolute atomic E-state index is 11.4. The van der Waals surface area contributed by atoms with Gasteiger partial charge in [0, 0.05) is 25.1 Å². The van der Waals surface area contributed by atoms with Gasteiger partial charge >= 0.3 is 0 Å². The molecule has 2 aliphatic rings. The van der Waals surface area contributed by atoms with E-state index in [-0.39, 0.29) is 0 Å². The maximum Gasteiger partial charge on any atom is 0.131 e. The summed E-state index contributed by atoms with van der Waals surface area (Å²) in [7, 11) is 0. The molecule has 0 amide bonds. The van der Waals surface area contributed by atoms with Gasteiger partial charge in [0.25, 0.3) is 0 Å². The Morgan fingerprint density at radius 2 is 2.12 bits per heavy atom. The van der Waals surface area contributed by atoms with Gasteiger partial charge in [0.05, 0.1) is 6.61 Å². The van der Waals surface area contributed by atoms with Crippen molar-refractivity contribution >= 4 is 5.78 Å². The van der Waals surface area contributed by atoms with E-state index in [0.717, 1.165) is 26.2 Å². The third-order valence-corrected chi connectivity index (χ3v) is 4.05. The van der Waals surface area contributed by atoms with Crippen molar-refractivity contribution in [1.82, 2.24) is 4.90 Å². The Hall–Kier alpha value is -0.410. The number of hydrogen-bond donors (Lipinski definition) is 0. The van der Waals surface area contributed by atoms with E-state index in [9.17, 15) is 4.79 Å². The molecule has 0 aromatic carbocycles. The fourth-order valence-electron chi connectivity index (χ4n) is 3.22. The Kier molecular flexibility index (Phi) is 4.99. The summed E-state index contributed by atoms with van der Waals surface area (Å²) in [5, 5.41) is 0. The molecule has 0 N–H and O–H groups in total. The summed E-state index contributed by atoms with van der Waals surface area (Å²) in [6.07, 6.45) is 8.22. The van der Waals surface area contributed by atoms with Crippen LogP contribution in [0.3, 0.4) is 0 Å². The number of likely N-dealkylation sites (tertiary alicyclic amines) is 1. The van der Waals surface area contributed by atoms with Gasteiger partial charge in [-0.15, -0.1) is 0 Å². The topological polar surface area (TPSA) is 29.5 Å². The fourth-order valence-corrected chi connectivity index (χ4v) is 3.22. The van der Waals surface area contributed by atoms with E-state index >= 15 is 0 Å². The Labute approximate surface area is 105 Å². The van der Waals surface area contributed by atoms with Crippen molar-refractivity contribution in [2.45, 2.75) is 64.0 Å². The number of nitrogens with zero attached hydrogens (tertiary/aromatic N) is 1. The Morgan fingerprint density at radius 3 is 2.82 bits per heavy atom. The van der Waals surface area contributed by atoms with Gasteiger partial charge in [-0.05, 0) is 39.2 Å². The molecule has 98 valence electrons. The van der Waals surface area contributed by atoms with Crippen molar-refractivity contribution in [1.29, 1.82) is 0 Å². The number of carbonyl (C=O) groups excluding carboxylic acids is 1. The van der Waals surface area contributed by atoms with E-state index in [1.165, 1.54) is 38.5 Å². The van der Waals surface area contributed by atoms with Crippen molar-refractivity contribution in [3.8, 4) is 0 Å². The summed E-state index contributed by atoms with van der Waals surface area (Å²) in [6.45, 7) is 4.67. The monoisotopic (exact) mass is 239 g/mol. The predicted octanol–water partition coefficient (Wildman–Crippen LogP) is 2.39. The summed E-state index contributed by atoms with van der Waals surface area (Å²) >= 11 is 0. The zero-order chi connectivity index (χ0) is 12.1. The van der Waals surface area contributed by atoms with Crippen LogP contribution < -0.4 is 0 Å². The van der Waals surface area contributed by atoms with Crippen LogP contribution in [0.5, 0.6) is 0 Å². The Morgan fingerprint density at radius 1 is 1.24 bits per heavy atom. The standard InChI is InChI=1S/C14H25NO2/c1-12(16)10-13-6-3-2-4-8-15(13)14-7-5-9-17-11-14/h13-14H,2-11H2,1H3. The summed E-state index contributed by atoms with van der Waals surface area (Å²) in [4.78, 5) is 14.0. The van der Waals surface area contributed by atoms with E-state index in [1.54, 1.807) is 6.92 Å². The number of carbonyl (C=O) groups is 1. The number of ether oxygens (including phenoxy) is 1. The molecule has 0 spiro atoms. The highest BCUT2D eigenvalue weighted by molar-refractivity contribution is 5.76. The van der Waals surface area contributed by atoms with Crippen LogP contribution in [0, 0.1) is 0 Å². The van der Waals surface area contributed by atoms with Crippen LogP contribution in [0.4, 0.5) is 0 Å². The van der Waals surface area contributed by atoms with Gasteiger partial charge in [-0.1, -0.05) is 12.8 Å². The first-order valence-corrected chi connectivity index (χ1v) is 7.10. The fraction of sp³-hybridized carbons (Fsp3) is 0.929. The van der Waals surface area contributed by atoms with Gasteiger partial charge in [-0.2, -0.15) is 0 Å². The zero-order valence-corrected chi connectivity index (χ0v) is 11.0. The van der Waals surface area contributed by atoms with Gasteiger partial charge in [0.2, 0.25) is 0 Å².